The summed E-state index contributed by atoms with van der Waals surface area (Å²) in [6.07, 6.45) is 4.39. The zero-order valence-electron chi connectivity index (χ0n) is 18.9. The lowest BCUT2D eigenvalue weighted by Crippen LogP contribution is -2.40. The van der Waals surface area contributed by atoms with Crippen molar-refractivity contribution < 1.29 is 9.59 Å². The Bertz CT molecular complexity index is 1100. The second-order valence-electron chi connectivity index (χ2n) is 9.50. The van der Waals surface area contributed by atoms with Crippen LogP contribution in [0, 0.1) is 0 Å². The van der Waals surface area contributed by atoms with Gasteiger partial charge in [0.2, 0.25) is 5.91 Å². The summed E-state index contributed by atoms with van der Waals surface area (Å²) in [5, 5.41) is 2.97. The van der Waals surface area contributed by atoms with Crippen LogP contribution in [0.15, 0.2) is 53.0 Å². The Morgan fingerprint density at radius 3 is 2.31 bits per heavy atom. The third-order valence-corrected chi connectivity index (χ3v) is 5.63. The van der Waals surface area contributed by atoms with E-state index in [1.807, 2.05) is 74.2 Å². The molecule has 1 saturated heterocycles. The molecule has 3 N–H and O–H groups in total. The van der Waals surface area contributed by atoms with Gasteiger partial charge in [0.25, 0.3) is 5.91 Å². The predicted octanol–water partition coefficient (Wildman–Crippen LogP) is 4.28. The molecule has 1 fully saturated rings. The first-order chi connectivity index (χ1) is 15.2. The molecule has 0 atom stereocenters. The lowest BCUT2D eigenvalue weighted by Gasteiger charge is -2.20. The van der Waals surface area contributed by atoms with Crippen LogP contribution in [0.3, 0.4) is 0 Å². The van der Waals surface area contributed by atoms with E-state index in [4.69, 9.17) is 5.73 Å². The molecule has 0 aliphatic carbocycles. The molecule has 2 aromatic carbocycles. The van der Waals surface area contributed by atoms with Gasteiger partial charge in [-0.15, -0.1) is 0 Å². The number of nitrogens with two attached hydrogens (primary N) is 1. The maximum Gasteiger partial charge on any atom is 0.251 e. The fraction of sp³-hybridized carbons (Fsp3) is 0.346. The van der Waals surface area contributed by atoms with E-state index in [0.29, 0.717) is 23.4 Å². The van der Waals surface area contributed by atoms with Crippen molar-refractivity contribution in [3.05, 3.63) is 59.2 Å². The Hall–Kier alpha value is -3.41. The van der Waals surface area contributed by atoms with Crippen LogP contribution >= 0.6 is 0 Å². The minimum Gasteiger partial charge on any atom is -0.387 e. The van der Waals surface area contributed by atoms with E-state index in [9.17, 15) is 9.59 Å². The van der Waals surface area contributed by atoms with Crippen LogP contribution in [0.1, 0.15) is 56.0 Å². The van der Waals surface area contributed by atoms with Gasteiger partial charge in [-0.1, -0.05) is 24.3 Å². The highest BCUT2D eigenvalue weighted by molar-refractivity contribution is 6.05. The van der Waals surface area contributed by atoms with Gasteiger partial charge in [0, 0.05) is 41.7 Å². The first-order valence-corrected chi connectivity index (χ1v) is 11.1. The van der Waals surface area contributed by atoms with Crippen molar-refractivity contribution in [2.45, 2.75) is 45.6 Å². The fourth-order valence-corrected chi connectivity index (χ4v) is 4.06. The van der Waals surface area contributed by atoms with Gasteiger partial charge >= 0.3 is 0 Å². The molecule has 6 heteroatoms. The molecule has 2 aliphatic rings. The van der Waals surface area contributed by atoms with Gasteiger partial charge in [-0.2, -0.15) is 0 Å². The molecule has 4 rings (SSSR count). The van der Waals surface area contributed by atoms with Gasteiger partial charge < -0.3 is 16.0 Å². The number of aliphatic imine (C=N–C) groups is 1. The highest BCUT2D eigenvalue weighted by atomic mass is 16.2. The second kappa shape index (κ2) is 8.61. The van der Waals surface area contributed by atoms with Crippen LogP contribution in [-0.2, 0) is 4.79 Å². The summed E-state index contributed by atoms with van der Waals surface area (Å²) in [5.74, 6) is 0.402. The topological polar surface area (TPSA) is 87.8 Å². The Kier molecular flexibility index (Phi) is 5.87. The number of rotatable bonds is 3. The molecule has 166 valence electrons. The highest BCUT2D eigenvalue weighted by Crippen LogP contribution is 2.32. The first kappa shape index (κ1) is 21.8. The number of nitrogens with zero attached hydrogens (tertiary/aromatic N) is 2. The average Bonchev–Trinajstić information content (AvgIpc) is 3.22. The summed E-state index contributed by atoms with van der Waals surface area (Å²) in [4.78, 5) is 31.7. The van der Waals surface area contributed by atoms with E-state index in [1.165, 1.54) is 0 Å². The van der Waals surface area contributed by atoms with E-state index in [1.54, 1.807) is 0 Å². The van der Waals surface area contributed by atoms with Gasteiger partial charge in [-0.3, -0.25) is 9.59 Å². The van der Waals surface area contributed by atoms with Crippen LogP contribution in [0.4, 0.5) is 5.69 Å². The lowest BCUT2D eigenvalue weighted by atomic mass is 9.99. The van der Waals surface area contributed by atoms with Crippen molar-refractivity contribution in [2.75, 3.05) is 13.1 Å². The molecule has 2 aromatic rings. The number of likely N-dealkylation sites (tertiary alicyclic amines) is 1. The van der Waals surface area contributed by atoms with Gasteiger partial charge in [0.15, 0.2) is 0 Å². The van der Waals surface area contributed by atoms with Gasteiger partial charge in [-0.05, 0) is 69.0 Å². The maximum atomic E-state index is 12.9. The van der Waals surface area contributed by atoms with Gasteiger partial charge in [0.1, 0.15) is 5.84 Å². The highest BCUT2D eigenvalue weighted by Gasteiger charge is 2.24. The van der Waals surface area contributed by atoms with Crippen molar-refractivity contribution in [2.24, 2.45) is 10.7 Å². The molecule has 0 unspecified atom stereocenters. The summed E-state index contributed by atoms with van der Waals surface area (Å²) in [5.41, 5.74) is 10.8. The van der Waals surface area contributed by atoms with Crippen molar-refractivity contribution >= 4 is 29.4 Å². The van der Waals surface area contributed by atoms with Crippen LogP contribution in [0.25, 0.3) is 17.2 Å². The molecule has 0 saturated carbocycles. The number of carbonyl (C=O) groups is 2. The zero-order valence-corrected chi connectivity index (χ0v) is 18.9. The number of amides is 2. The average molecular weight is 431 g/mol. The first-order valence-electron chi connectivity index (χ1n) is 11.1. The standard InChI is InChI=1S/C26H30N4O2/c1-26(2,3)29-24(31)18-8-6-17(7-9-18)19-10-11-20-14-21(16-23(27)28-22(20)15-19)25(32)30-12-4-5-13-30/h6-11,14-15H,4-5,12-13,16H2,1-3H3,(H2,27,28)(H,29,31). The van der Waals surface area contributed by atoms with Crippen molar-refractivity contribution in [1.29, 1.82) is 0 Å². The quantitative estimate of drug-likeness (QED) is 0.762. The molecule has 0 radical (unpaired) electrons. The fourth-order valence-electron chi connectivity index (χ4n) is 4.06. The number of nitrogens with one attached hydrogen (secondary N) is 1. The SMILES string of the molecule is CC(C)(C)NC(=O)c1ccc(-c2ccc3c(c2)N=C(N)CC(C(=O)N2CCCC2)=C3)cc1. The van der Waals surface area contributed by atoms with Crippen LogP contribution in [0.2, 0.25) is 0 Å². The summed E-state index contributed by atoms with van der Waals surface area (Å²) >= 11 is 0. The number of carbonyl (C=O) groups excluding carboxylic acids is 2. The smallest absolute Gasteiger partial charge is 0.251 e. The Balaban J connectivity index is 1.59. The molecule has 0 aromatic heterocycles. The number of benzene rings is 2. The molecular formula is C26H30N4O2. The lowest BCUT2D eigenvalue weighted by molar-refractivity contribution is -0.126. The van der Waals surface area contributed by atoms with Gasteiger partial charge in [0.05, 0.1) is 5.69 Å². The molecule has 0 bridgehead atoms. The Morgan fingerprint density at radius 2 is 1.66 bits per heavy atom. The number of amidine groups is 1. The van der Waals surface area contributed by atoms with Crippen molar-refractivity contribution in [3.8, 4) is 11.1 Å². The number of hydrogen-bond donors (Lipinski definition) is 2. The largest absolute Gasteiger partial charge is 0.387 e. The third kappa shape index (κ3) is 4.90. The Labute approximate surface area is 189 Å². The summed E-state index contributed by atoms with van der Waals surface area (Å²) < 4.78 is 0. The van der Waals surface area contributed by atoms with Crippen molar-refractivity contribution in [1.82, 2.24) is 10.2 Å². The third-order valence-electron chi connectivity index (χ3n) is 5.63. The summed E-state index contributed by atoms with van der Waals surface area (Å²) in [6.45, 7) is 7.49. The van der Waals surface area contributed by atoms with E-state index in [-0.39, 0.29) is 17.4 Å². The van der Waals surface area contributed by atoms with E-state index < -0.39 is 0 Å². The van der Waals surface area contributed by atoms with Crippen LogP contribution < -0.4 is 11.1 Å². The molecule has 2 heterocycles. The minimum atomic E-state index is -0.285. The molecule has 2 amide bonds. The van der Waals surface area contributed by atoms with E-state index in [0.717, 1.165) is 48.3 Å². The predicted molar refractivity (Wildman–Crippen MR) is 129 cm³/mol. The number of fused-ring (bicyclic) bond motifs is 1. The van der Waals surface area contributed by atoms with Crippen LogP contribution in [-0.4, -0.2) is 41.2 Å². The van der Waals surface area contributed by atoms with Crippen molar-refractivity contribution in [3.63, 3.8) is 0 Å². The molecule has 32 heavy (non-hydrogen) atoms. The Morgan fingerprint density at radius 1 is 1.00 bits per heavy atom. The molecule has 0 spiro atoms. The van der Waals surface area contributed by atoms with E-state index in [2.05, 4.69) is 10.3 Å². The monoisotopic (exact) mass is 430 g/mol. The number of hydrogen-bond acceptors (Lipinski definition) is 4. The normalized spacial score (nSPS) is 16.0. The molecular weight excluding hydrogens is 400 g/mol. The molecule has 6 nitrogen and oxygen atoms in total. The van der Waals surface area contributed by atoms with E-state index >= 15 is 0 Å². The summed E-state index contributed by atoms with van der Waals surface area (Å²) in [7, 11) is 0. The summed E-state index contributed by atoms with van der Waals surface area (Å²) in [6, 6.07) is 13.5. The van der Waals surface area contributed by atoms with Crippen LogP contribution in [0.5, 0.6) is 0 Å². The second-order valence-corrected chi connectivity index (χ2v) is 9.50. The minimum absolute atomic E-state index is 0.0571. The maximum absolute atomic E-state index is 12.9. The molecule has 2 aliphatic heterocycles. The zero-order chi connectivity index (χ0) is 22.9. The van der Waals surface area contributed by atoms with Gasteiger partial charge in [-0.25, -0.2) is 4.99 Å².